The molecule has 0 unspecified atom stereocenters. The Morgan fingerprint density at radius 2 is 1.25 bits per heavy atom. The molecule has 1 heterocycles. The summed E-state index contributed by atoms with van der Waals surface area (Å²) in [4.78, 5) is 2.51. The first-order valence-corrected chi connectivity index (χ1v) is 11.0. The number of rotatable bonds is 7. The van der Waals surface area contributed by atoms with Gasteiger partial charge in [0.05, 0.1) is 6.73 Å². The molecule has 142 valence electrons. The third-order valence-corrected chi connectivity index (χ3v) is 5.88. The van der Waals surface area contributed by atoms with Crippen LogP contribution < -0.4 is 5.32 Å². The van der Waals surface area contributed by atoms with Gasteiger partial charge in [-0.25, -0.2) is 0 Å². The Morgan fingerprint density at radius 1 is 0.708 bits per heavy atom. The Labute approximate surface area is 150 Å². The van der Waals surface area contributed by atoms with Crippen molar-refractivity contribution in [1.82, 2.24) is 10.2 Å². The molecule has 0 atom stereocenters. The van der Waals surface area contributed by atoms with Gasteiger partial charge in [-0.2, -0.15) is 0 Å². The molecular weight excluding hydrogens is 296 g/mol. The van der Waals surface area contributed by atoms with Crippen molar-refractivity contribution in [2.75, 3.05) is 33.1 Å². The topological polar surface area (TPSA) is 24.5 Å². The number of ether oxygens (including phenoxy) is 1. The van der Waals surface area contributed by atoms with E-state index in [1.807, 2.05) is 0 Å². The predicted octanol–water partition coefficient (Wildman–Crippen LogP) is 5.30. The Bertz CT molecular complexity index is 237. The summed E-state index contributed by atoms with van der Waals surface area (Å²) < 4.78 is 5.88. The molecule has 24 heavy (non-hydrogen) atoms. The van der Waals surface area contributed by atoms with Crippen molar-refractivity contribution >= 4 is 0 Å². The number of nitrogens with zero attached hydrogens (tertiary/aromatic N) is 1. The maximum absolute atomic E-state index is 5.88. The highest BCUT2D eigenvalue weighted by Gasteiger charge is 2.10. The lowest BCUT2D eigenvalue weighted by atomic mass is 9.94. The van der Waals surface area contributed by atoms with Gasteiger partial charge in [-0.05, 0) is 31.7 Å². The van der Waals surface area contributed by atoms with Crippen LogP contribution in [0, 0.1) is 5.92 Å². The molecule has 1 saturated carbocycles. The van der Waals surface area contributed by atoms with Gasteiger partial charge in [-0.1, -0.05) is 77.0 Å². The van der Waals surface area contributed by atoms with Gasteiger partial charge in [0.2, 0.25) is 0 Å². The zero-order valence-electron chi connectivity index (χ0n) is 16.1. The van der Waals surface area contributed by atoms with Crippen molar-refractivity contribution in [3.05, 3.63) is 0 Å². The second-order valence-corrected chi connectivity index (χ2v) is 8.07. The zero-order chi connectivity index (χ0) is 16.7. The van der Waals surface area contributed by atoms with Crippen LogP contribution in [0.3, 0.4) is 0 Å². The summed E-state index contributed by atoms with van der Waals surface area (Å²) in [5.74, 6) is 0.953. The van der Waals surface area contributed by atoms with Crippen LogP contribution >= 0.6 is 0 Å². The van der Waals surface area contributed by atoms with Crippen molar-refractivity contribution in [1.29, 1.82) is 0 Å². The fourth-order valence-corrected chi connectivity index (χ4v) is 4.25. The monoisotopic (exact) mass is 338 g/mol. The molecule has 1 N–H and O–H groups in total. The molecule has 1 aliphatic carbocycles. The molecule has 1 saturated heterocycles. The van der Waals surface area contributed by atoms with E-state index in [2.05, 4.69) is 10.2 Å². The average Bonchev–Trinajstić information content (AvgIpc) is 2.81. The molecule has 0 radical (unpaired) electrons. The predicted molar refractivity (Wildman–Crippen MR) is 103 cm³/mol. The Morgan fingerprint density at radius 3 is 1.88 bits per heavy atom. The Balaban J connectivity index is 1.47. The van der Waals surface area contributed by atoms with Crippen LogP contribution in [0.15, 0.2) is 0 Å². The minimum Gasteiger partial charge on any atom is -0.351 e. The molecular formula is C21H42N2O. The maximum Gasteiger partial charge on any atom is 0.101 e. The van der Waals surface area contributed by atoms with E-state index in [0.717, 1.165) is 25.9 Å². The maximum atomic E-state index is 5.88. The fourth-order valence-electron chi connectivity index (χ4n) is 4.25. The van der Waals surface area contributed by atoms with Gasteiger partial charge in [0.1, 0.15) is 6.73 Å². The van der Waals surface area contributed by atoms with Gasteiger partial charge >= 0.3 is 0 Å². The molecule has 0 aromatic carbocycles. The average molecular weight is 339 g/mol. The van der Waals surface area contributed by atoms with E-state index in [-0.39, 0.29) is 0 Å². The van der Waals surface area contributed by atoms with Gasteiger partial charge in [0, 0.05) is 13.1 Å². The second kappa shape index (κ2) is 14.1. The highest BCUT2D eigenvalue weighted by atomic mass is 16.5. The molecule has 2 fully saturated rings. The van der Waals surface area contributed by atoms with Crippen LogP contribution in [-0.4, -0.2) is 38.0 Å². The molecule has 2 rings (SSSR count). The number of nitrogens with one attached hydrogen (secondary N) is 1. The van der Waals surface area contributed by atoms with Crippen molar-refractivity contribution in [2.45, 2.75) is 96.3 Å². The van der Waals surface area contributed by atoms with Crippen LogP contribution in [0.4, 0.5) is 0 Å². The molecule has 2 aliphatic rings. The number of hydrogen-bond acceptors (Lipinski definition) is 3. The molecule has 0 bridgehead atoms. The smallest absolute Gasteiger partial charge is 0.101 e. The summed E-state index contributed by atoms with van der Waals surface area (Å²) in [5, 5.41) is 3.52. The third-order valence-electron chi connectivity index (χ3n) is 5.88. The van der Waals surface area contributed by atoms with Crippen LogP contribution in [0.5, 0.6) is 0 Å². The van der Waals surface area contributed by atoms with Gasteiger partial charge in [-0.15, -0.1) is 0 Å². The first-order chi connectivity index (χ1) is 11.9. The molecule has 1 aliphatic heterocycles. The summed E-state index contributed by atoms with van der Waals surface area (Å²) in [6.07, 6.45) is 21.4. The molecule has 0 amide bonds. The van der Waals surface area contributed by atoms with Crippen LogP contribution in [0.1, 0.15) is 96.3 Å². The lowest BCUT2D eigenvalue weighted by Gasteiger charge is -2.21. The highest BCUT2D eigenvalue weighted by molar-refractivity contribution is 4.64. The molecule has 3 nitrogen and oxygen atoms in total. The molecule has 0 aromatic heterocycles. The quantitative estimate of drug-likeness (QED) is 0.503. The van der Waals surface area contributed by atoms with E-state index in [9.17, 15) is 0 Å². The second-order valence-electron chi connectivity index (χ2n) is 8.07. The normalized spacial score (nSPS) is 23.5. The van der Waals surface area contributed by atoms with Crippen LogP contribution in [-0.2, 0) is 4.74 Å². The summed E-state index contributed by atoms with van der Waals surface area (Å²) in [5.41, 5.74) is 0. The summed E-state index contributed by atoms with van der Waals surface area (Å²) >= 11 is 0. The zero-order valence-corrected chi connectivity index (χ0v) is 16.1. The first kappa shape index (κ1) is 20.2. The van der Waals surface area contributed by atoms with E-state index in [0.29, 0.717) is 0 Å². The van der Waals surface area contributed by atoms with Crippen LogP contribution in [0.25, 0.3) is 0 Å². The van der Waals surface area contributed by atoms with Crippen molar-refractivity contribution in [2.24, 2.45) is 5.92 Å². The molecule has 0 aromatic rings. The van der Waals surface area contributed by atoms with Gasteiger partial charge in [0.25, 0.3) is 0 Å². The SMILES string of the molecule is C1CCCCC(CCNCOCN2CCCCCCCC2)CCC1. The summed E-state index contributed by atoms with van der Waals surface area (Å²) in [7, 11) is 0. The minimum atomic E-state index is 0.725. The van der Waals surface area contributed by atoms with Gasteiger partial charge < -0.3 is 4.74 Å². The van der Waals surface area contributed by atoms with E-state index >= 15 is 0 Å². The lowest BCUT2D eigenvalue weighted by Crippen LogP contribution is -2.31. The van der Waals surface area contributed by atoms with Crippen molar-refractivity contribution < 1.29 is 4.74 Å². The van der Waals surface area contributed by atoms with Gasteiger partial charge in [0.15, 0.2) is 0 Å². The first-order valence-electron chi connectivity index (χ1n) is 11.0. The summed E-state index contributed by atoms with van der Waals surface area (Å²) in [6.45, 7) is 5.12. The molecule has 3 heteroatoms. The standard InChI is InChI=1S/C21H42N2O/c1-2-6-10-14-21(13-9-5-1)15-16-22-19-24-20-23-17-11-7-3-4-8-12-18-23/h21-22H,1-20H2. The van der Waals surface area contributed by atoms with E-state index in [1.54, 1.807) is 0 Å². The summed E-state index contributed by atoms with van der Waals surface area (Å²) in [6, 6.07) is 0. The van der Waals surface area contributed by atoms with E-state index in [4.69, 9.17) is 4.74 Å². The van der Waals surface area contributed by atoms with E-state index in [1.165, 1.54) is 109 Å². The van der Waals surface area contributed by atoms with Gasteiger partial charge in [-0.3, -0.25) is 10.2 Å². The lowest BCUT2D eigenvalue weighted by molar-refractivity contribution is 0.0180. The minimum absolute atomic E-state index is 0.725. The van der Waals surface area contributed by atoms with Crippen LogP contribution in [0.2, 0.25) is 0 Å². The van der Waals surface area contributed by atoms with E-state index < -0.39 is 0 Å². The Hall–Kier alpha value is -0.120. The Kier molecular flexibility index (Phi) is 11.9. The molecule has 0 spiro atoms. The largest absolute Gasteiger partial charge is 0.351 e. The fraction of sp³-hybridized carbons (Fsp3) is 1.00. The third kappa shape index (κ3) is 10.0. The highest BCUT2D eigenvalue weighted by Crippen LogP contribution is 2.23. The van der Waals surface area contributed by atoms with Crippen molar-refractivity contribution in [3.63, 3.8) is 0 Å². The van der Waals surface area contributed by atoms with Crippen molar-refractivity contribution in [3.8, 4) is 0 Å². The number of hydrogen-bond donors (Lipinski definition) is 1.